The van der Waals surface area contributed by atoms with Gasteiger partial charge in [0.1, 0.15) is 0 Å². The topological polar surface area (TPSA) is 55.1 Å². The van der Waals surface area contributed by atoms with E-state index in [9.17, 15) is 4.79 Å². The van der Waals surface area contributed by atoms with Gasteiger partial charge >= 0.3 is 5.97 Å². The first-order valence-electron chi connectivity index (χ1n) is 3.05. The highest BCUT2D eigenvalue weighted by Gasteiger charge is 2.04. The number of halogens is 1. The van der Waals surface area contributed by atoms with Crippen molar-refractivity contribution in [2.24, 2.45) is 0 Å². The number of alkyl halides is 1. The van der Waals surface area contributed by atoms with Gasteiger partial charge in [0, 0.05) is 12.1 Å². The van der Waals surface area contributed by atoms with Crippen molar-refractivity contribution in [3.63, 3.8) is 0 Å². The molecule has 0 aliphatic rings. The van der Waals surface area contributed by atoms with Gasteiger partial charge in [-0.25, -0.2) is 4.79 Å². The molecule has 0 amide bonds. The lowest BCUT2D eigenvalue weighted by molar-refractivity contribution is 0.0697. The number of aromatic nitrogens is 2. The summed E-state index contributed by atoms with van der Waals surface area (Å²) in [6.45, 7) is 0.537. The van der Waals surface area contributed by atoms with E-state index in [2.05, 4.69) is 5.10 Å². The predicted molar refractivity (Wildman–Crippen MR) is 39.9 cm³/mol. The van der Waals surface area contributed by atoms with Gasteiger partial charge in [-0.2, -0.15) is 5.10 Å². The van der Waals surface area contributed by atoms with Crippen LogP contribution in [-0.2, 0) is 6.54 Å². The number of carbonyl (C=O) groups is 1. The summed E-state index contributed by atoms with van der Waals surface area (Å²) in [7, 11) is 0. The summed E-state index contributed by atoms with van der Waals surface area (Å²) in [5.41, 5.74) is 0.190. The van der Waals surface area contributed by atoms with Crippen molar-refractivity contribution in [3.05, 3.63) is 18.0 Å². The predicted octanol–water partition coefficient (Wildman–Crippen LogP) is 0.820. The Balaban J connectivity index is 2.73. The maximum Gasteiger partial charge on any atom is 0.338 e. The molecule has 0 saturated heterocycles. The summed E-state index contributed by atoms with van der Waals surface area (Å²) >= 11 is 5.42. The van der Waals surface area contributed by atoms with Crippen molar-refractivity contribution in [1.82, 2.24) is 9.78 Å². The Kier molecular flexibility index (Phi) is 2.48. The number of carboxylic acid groups (broad SMARTS) is 1. The monoisotopic (exact) mass is 174 g/mol. The van der Waals surface area contributed by atoms with E-state index in [1.807, 2.05) is 0 Å². The first-order chi connectivity index (χ1) is 5.24. The van der Waals surface area contributed by atoms with Crippen LogP contribution in [0.4, 0.5) is 0 Å². The number of nitrogens with zero attached hydrogens (tertiary/aromatic N) is 2. The maximum atomic E-state index is 10.3. The number of aromatic carboxylic acids is 1. The van der Waals surface area contributed by atoms with E-state index in [1.165, 1.54) is 17.1 Å². The molecule has 0 saturated carbocycles. The van der Waals surface area contributed by atoms with Crippen molar-refractivity contribution in [2.45, 2.75) is 6.54 Å². The lowest BCUT2D eigenvalue weighted by Gasteiger charge is -1.92. The second kappa shape index (κ2) is 3.39. The molecule has 1 rings (SSSR count). The summed E-state index contributed by atoms with van der Waals surface area (Å²) in [6.07, 6.45) is 2.75. The van der Waals surface area contributed by atoms with Gasteiger partial charge in [-0.15, -0.1) is 11.6 Å². The average molecular weight is 175 g/mol. The first-order valence-corrected chi connectivity index (χ1v) is 3.59. The Hall–Kier alpha value is -1.03. The molecule has 1 aromatic heterocycles. The molecule has 1 aromatic rings. The molecule has 11 heavy (non-hydrogen) atoms. The first kappa shape index (κ1) is 8.07. The Bertz CT molecular complexity index is 259. The van der Waals surface area contributed by atoms with Crippen LogP contribution in [0.15, 0.2) is 12.4 Å². The Morgan fingerprint density at radius 3 is 3.00 bits per heavy atom. The molecule has 0 fully saturated rings. The summed E-state index contributed by atoms with van der Waals surface area (Å²) in [6, 6.07) is 0. The molecular weight excluding hydrogens is 168 g/mol. The highest BCUT2D eigenvalue weighted by molar-refractivity contribution is 6.17. The van der Waals surface area contributed by atoms with Crippen LogP contribution in [0.5, 0.6) is 0 Å². The zero-order valence-corrected chi connectivity index (χ0v) is 6.45. The number of hydrogen-bond donors (Lipinski definition) is 1. The lowest BCUT2D eigenvalue weighted by atomic mass is 10.4. The molecule has 0 aliphatic carbocycles. The molecule has 5 heteroatoms. The molecule has 0 atom stereocenters. The second-order valence-electron chi connectivity index (χ2n) is 1.99. The SMILES string of the molecule is O=C(O)c1cnn(CCCl)c1. The van der Waals surface area contributed by atoms with E-state index in [4.69, 9.17) is 16.7 Å². The zero-order valence-electron chi connectivity index (χ0n) is 5.70. The van der Waals surface area contributed by atoms with Crippen molar-refractivity contribution in [3.8, 4) is 0 Å². The van der Waals surface area contributed by atoms with Crippen LogP contribution in [0.1, 0.15) is 10.4 Å². The Morgan fingerprint density at radius 2 is 2.55 bits per heavy atom. The van der Waals surface area contributed by atoms with Gasteiger partial charge in [-0.3, -0.25) is 4.68 Å². The number of aryl methyl sites for hydroxylation is 1. The fourth-order valence-electron chi connectivity index (χ4n) is 0.683. The van der Waals surface area contributed by atoms with Crippen molar-refractivity contribution in [1.29, 1.82) is 0 Å². The van der Waals surface area contributed by atoms with Crippen molar-refractivity contribution >= 4 is 17.6 Å². The normalized spacial score (nSPS) is 9.91. The van der Waals surface area contributed by atoms with Gasteiger partial charge in [0.25, 0.3) is 0 Å². The third-order valence-corrected chi connectivity index (χ3v) is 1.36. The van der Waals surface area contributed by atoms with E-state index in [1.54, 1.807) is 0 Å². The second-order valence-corrected chi connectivity index (χ2v) is 2.36. The molecule has 0 radical (unpaired) electrons. The zero-order chi connectivity index (χ0) is 8.27. The van der Waals surface area contributed by atoms with Gasteiger partial charge in [-0.1, -0.05) is 0 Å². The fourth-order valence-corrected chi connectivity index (χ4v) is 0.856. The minimum atomic E-state index is -0.967. The highest BCUT2D eigenvalue weighted by atomic mass is 35.5. The summed E-state index contributed by atoms with van der Waals surface area (Å²) in [5, 5.41) is 12.3. The van der Waals surface area contributed by atoms with Crippen LogP contribution in [-0.4, -0.2) is 26.7 Å². The highest BCUT2D eigenvalue weighted by Crippen LogP contribution is 1.97. The Labute approximate surface area is 68.4 Å². The van der Waals surface area contributed by atoms with Crippen LogP contribution in [0.3, 0.4) is 0 Å². The van der Waals surface area contributed by atoms with Gasteiger partial charge in [0.15, 0.2) is 0 Å². The van der Waals surface area contributed by atoms with Crippen LogP contribution in [0.2, 0.25) is 0 Å². The van der Waals surface area contributed by atoms with Crippen molar-refractivity contribution in [2.75, 3.05) is 5.88 Å². The molecule has 0 bridgehead atoms. The third kappa shape index (κ3) is 1.94. The molecule has 1 heterocycles. The van der Waals surface area contributed by atoms with Gasteiger partial charge < -0.3 is 5.11 Å². The van der Waals surface area contributed by atoms with E-state index < -0.39 is 5.97 Å². The molecule has 4 nitrogen and oxygen atoms in total. The minimum Gasteiger partial charge on any atom is -0.478 e. The maximum absolute atomic E-state index is 10.3. The third-order valence-electron chi connectivity index (χ3n) is 1.19. The number of carboxylic acids is 1. The summed E-state index contributed by atoms with van der Waals surface area (Å²) < 4.78 is 1.50. The Morgan fingerprint density at radius 1 is 1.82 bits per heavy atom. The summed E-state index contributed by atoms with van der Waals surface area (Å²) in [5.74, 6) is -0.536. The van der Waals surface area contributed by atoms with E-state index >= 15 is 0 Å². The lowest BCUT2D eigenvalue weighted by Crippen LogP contribution is -1.99. The molecule has 0 spiro atoms. The van der Waals surface area contributed by atoms with E-state index in [0.29, 0.717) is 12.4 Å². The molecular formula is C6H7ClN2O2. The van der Waals surface area contributed by atoms with Gasteiger partial charge in [0.05, 0.1) is 18.3 Å². The summed E-state index contributed by atoms with van der Waals surface area (Å²) in [4.78, 5) is 10.3. The largest absolute Gasteiger partial charge is 0.478 e. The van der Waals surface area contributed by atoms with Crippen LogP contribution < -0.4 is 0 Å². The van der Waals surface area contributed by atoms with Crippen molar-refractivity contribution < 1.29 is 9.90 Å². The minimum absolute atomic E-state index is 0.190. The van der Waals surface area contributed by atoms with Crippen LogP contribution in [0.25, 0.3) is 0 Å². The molecule has 1 N–H and O–H groups in total. The van der Waals surface area contributed by atoms with Crippen LogP contribution in [0, 0.1) is 0 Å². The quantitative estimate of drug-likeness (QED) is 0.691. The molecule has 0 unspecified atom stereocenters. The molecule has 60 valence electrons. The number of hydrogen-bond acceptors (Lipinski definition) is 2. The smallest absolute Gasteiger partial charge is 0.338 e. The van der Waals surface area contributed by atoms with E-state index in [0.717, 1.165) is 0 Å². The van der Waals surface area contributed by atoms with E-state index in [-0.39, 0.29) is 5.56 Å². The van der Waals surface area contributed by atoms with Gasteiger partial charge in [-0.05, 0) is 0 Å². The molecule has 0 aromatic carbocycles. The van der Waals surface area contributed by atoms with Gasteiger partial charge in [0.2, 0.25) is 0 Å². The molecule has 0 aliphatic heterocycles. The fraction of sp³-hybridized carbons (Fsp3) is 0.333. The average Bonchev–Trinajstić information content (AvgIpc) is 2.37. The standard InChI is InChI=1S/C6H7ClN2O2/c7-1-2-9-4-5(3-8-9)6(10)11/h3-4H,1-2H2,(H,10,11). The van der Waals surface area contributed by atoms with Crippen LogP contribution >= 0.6 is 11.6 Å². The number of rotatable bonds is 3.